The Morgan fingerprint density at radius 3 is 2.22 bits per heavy atom. The Bertz CT molecular complexity index is 695. The standard InChI is InChI=1S/C20H34N4O3/c1-13(2)23(19(26)27)24-15(4)17(14(3)21-24)12-16-8-10-22(11-9-16)18(25)20(5,6)7/h13,16H,8-12H2,1-7H3,(H,26,27). The van der Waals surface area contributed by atoms with Crippen LogP contribution in [0.15, 0.2) is 0 Å². The molecule has 1 aliphatic heterocycles. The number of carbonyl (C=O) groups is 2. The topological polar surface area (TPSA) is 78.7 Å². The van der Waals surface area contributed by atoms with Gasteiger partial charge in [0.15, 0.2) is 0 Å². The summed E-state index contributed by atoms with van der Waals surface area (Å²) in [5.74, 6) is 0.705. The SMILES string of the molecule is Cc1nn(N(C(=O)O)C(C)C)c(C)c1CC1CCN(C(=O)C(C)(C)C)CC1. The Kier molecular flexibility index (Phi) is 6.22. The van der Waals surface area contributed by atoms with Gasteiger partial charge in [-0.25, -0.2) is 4.79 Å². The second-order valence-corrected chi connectivity index (χ2v) is 8.95. The van der Waals surface area contributed by atoms with Gasteiger partial charge in [-0.15, -0.1) is 0 Å². The van der Waals surface area contributed by atoms with Crippen molar-refractivity contribution in [2.24, 2.45) is 11.3 Å². The Morgan fingerprint density at radius 1 is 1.22 bits per heavy atom. The molecule has 2 rings (SSSR count). The van der Waals surface area contributed by atoms with Crippen LogP contribution in [-0.4, -0.2) is 51.0 Å². The minimum atomic E-state index is -1.00. The van der Waals surface area contributed by atoms with Crippen molar-refractivity contribution in [1.29, 1.82) is 0 Å². The van der Waals surface area contributed by atoms with Gasteiger partial charge in [0.05, 0.1) is 17.4 Å². The maximum absolute atomic E-state index is 12.5. The van der Waals surface area contributed by atoms with Gasteiger partial charge >= 0.3 is 6.09 Å². The third kappa shape index (κ3) is 4.62. The summed E-state index contributed by atoms with van der Waals surface area (Å²) in [6.45, 7) is 15.0. The molecular formula is C20H34N4O3. The van der Waals surface area contributed by atoms with Crippen molar-refractivity contribution in [3.63, 3.8) is 0 Å². The van der Waals surface area contributed by atoms with E-state index in [1.807, 2.05) is 53.4 Å². The molecule has 0 aromatic carbocycles. The van der Waals surface area contributed by atoms with Crippen molar-refractivity contribution in [3.8, 4) is 0 Å². The number of hydrogen-bond acceptors (Lipinski definition) is 3. The van der Waals surface area contributed by atoms with Gasteiger partial charge in [-0.3, -0.25) is 4.79 Å². The second-order valence-electron chi connectivity index (χ2n) is 8.95. The monoisotopic (exact) mass is 378 g/mol. The Balaban J connectivity index is 2.09. The van der Waals surface area contributed by atoms with E-state index in [-0.39, 0.29) is 17.4 Å². The summed E-state index contributed by atoms with van der Waals surface area (Å²) in [7, 11) is 0. The van der Waals surface area contributed by atoms with Crippen LogP contribution < -0.4 is 5.01 Å². The van der Waals surface area contributed by atoms with Crippen molar-refractivity contribution in [2.45, 2.75) is 73.8 Å². The van der Waals surface area contributed by atoms with Crippen molar-refractivity contribution >= 4 is 12.0 Å². The van der Waals surface area contributed by atoms with E-state index in [9.17, 15) is 14.7 Å². The van der Waals surface area contributed by atoms with Crippen LogP contribution in [0.3, 0.4) is 0 Å². The summed E-state index contributed by atoms with van der Waals surface area (Å²) in [6.07, 6.45) is 1.81. The van der Waals surface area contributed by atoms with Gasteiger partial charge in [0.1, 0.15) is 0 Å². The highest BCUT2D eigenvalue weighted by Crippen LogP contribution is 2.28. The average molecular weight is 379 g/mol. The Hall–Kier alpha value is -2.05. The van der Waals surface area contributed by atoms with Crippen LogP contribution in [0.5, 0.6) is 0 Å². The summed E-state index contributed by atoms with van der Waals surface area (Å²) in [4.78, 5) is 27.6. The van der Waals surface area contributed by atoms with Gasteiger partial charge in [-0.05, 0) is 58.4 Å². The normalized spacial score (nSPS) is 16.1. The number of hydrogen-bond donors (Lipinski definition) is 1. The molecule has 7 nitrogen and oxygen atoms in total. The van der Waals surface area contributed by atoms with Crippen molar-refractivity contribution in [2.75, 3.05) is 18.1 Å². The smallest absolute Gasteiger partial charge is 0.428 e. The second kappa shape index (κ2) is 7.90. The lowest BCUT2D eigenvalue weighted by molar-refractivity contribution is -0.140. The van der Waals surface area contributed by atoms with Gasteiger partial charge in [-0.1, -0.05) is 20.8 Å². The first-order valence-electron chi connectivity index (χ1n) is 9.80. The van der Waals surface area contributed by atoms with Gasteiger partial charge in [0.25, 0.3) is 0 Å². The third-order valence-corrected chi connectivity index (χ3v) is 5.34. The number of nitrogens with zero attached hydrogens (tertiary/aromatic N) is 4. The molecule has 0 atom stereocenters. The highest BCUT2D eigenvalue weighted by molar-refractivity contribution is 5.81. The van der Waals surface area contributed by atoms with Crippen LogP contribution in [0.2, 0.25) is 0 Å². The number of aryl methyl sites for hydroxylation is 1. The molecule has 0 unspecified atom stereocenters. The Labute approximate surface area is 162 Å². The van der Waals surface area contributed by atoms with Crippen LogP contribution in [0.25, 0.3) is 0 Å². The molecule has 0 bridgehead atoms. The van der Waals surface area contributed by atoms with Crippen molar-refractivity contribution in [1.82, 2.24) is 14.8 Å². The number of rotatable bonds is 4. The number of piperidine rings is 1. The highest BCUT2D eigenvalue weighted by atomic mass is 16.4. The molecule has 27 heavy (non-hydrogen) atoms. The first-order chi connectivity index (χ1) is 12.4. The molecule has 0 radical (unpaired) electrons. The molecule has 1 aromatic heterocycles. The lowest BCUT2D eigenvalue weighted by Crippen LogP contribution is -2.46. The maximum Gasteiger partial charge on any atom is 0.428 e. The minimum absolute atomic E-state index is 0.194. The molecular weight excluding hydrogens is 344 g/mol. The summed E-state index contributed by atoms with van der Waals surface area (Å²) >= 11 is 0. The molecule has 2 heterocycles. The molecule has 1 saturated heterocycles. The molecule has 0 spiro atoms. The molecule has 0 saturated carbocycles. The highest BCUT2D eigenvalue weighted by Gasteiger charge is 2.31. The number of aromatic nitrogens is 2. The van der Waals surface area contributed by atoms with Gasteiger partial charge < -0.3 is 10.0 Å². The van der Waals surface area contributed by atoms with Crippen LogP contribution in [-0.2, 0) is 11.2 Å². The molecule has 7 heteroatoms. The van der Waals surface area contributed by atoms with Crippen molar-refractivity contribution < 1.29 is 14.7 Å². The van der Waals surface area contributed by atoms with Gasteiger partial charge in [0, 0.05) is 18.5 Å². The molecule has 1 N–H and O–H groups in total. The first-order valence-corrected chi connectivity index (χ1v) is 9.80. The summed E-state index contributed by atoms with van der Waals surface area (Å²) in [5, 5.41) is 15.3. The molecule has 1 fully saturated rings. The summed E-state index contributed by atoms with van der Waals surface area (Å²) in [5.41, 5.74) is 2.56. The molecule has 152 valence electrons. The molecule has 1 aromatic rings. The van der Waals surface area contributed by atoms with E-state index in [0.29, 0.717) is 5.92 Å². The zero-order chi connectivity index (χ0) is 20.5. The van der Waals surface area contributed by atoms with Gasteiger partial charge in [-0.2, -0.15) is 14.9 Å². The zero-order valence-electron chi connectivity index (χ0n) is 17.7. The maximum atomic E-state index is 12.5. The molecule has 1 aliphatic rings. The first kappa shape index (κ1) is 21.3. The number of carbonyl (C=O) groups excluding carboxylic acids is 1. The summed E-state index contributed by atoms with van der Waals surface area (Å²) in [6, 6.07) is -0.194. The quantitative estimate of drug-likeness (QED) is 0.871. The van der Waals surface area contributed by atoms with Crippen LogP contribution in [0, 0.1) is 25.2 Å². The van der Waals surface area contributed by atoms with E-state index in [4.69, 9.17) is 0 Å². The molecule has 2 amide bonds. The lowest BCUT2D eigenvalue weighted by Gasteiger charge is -2.35. The van der Waals surface area contributed by atoms with E-state index >= 15 is 0 Å². The summed E-state index contributed by atoms with van der Waals surface area (Å²) < 4.78 is 0. The largest absolute Gasteiger partial charge is 0.464 e. The number of likely N-dealkylation sites (tertiary alicyclic amines) is 1. The average Bonchev–Trinajstić information content (AvgIpc) is 2.81. The van der Waals surface area contributed by atoms with E-state index in [1.54, 1.807) is 0 Å². The van der Waals surface area contributed by atoms with Crippen molar-refractivity contribution in [3.05, 3.63) is 17.0 Å². The zero-order valence-corrected chi connectivity index (χ0v) is 17.7. The fourth-order valence-corrected chi connectivity index (χ4v) is 3.79. The Morgan fingerprint density at radius 2 is 1.78 bits per heavy atom. The van der Waals surface area contributed by atoms with Gasteiger partial charge in [0.2, 0.25) is 5.91 Å². The number of amides is 2. The molecule has 0 aliphatic carbocycles. The van der Waals surface area contributed by atoms with Crippen LogP contribution >= 0.6 is 0 Å². The predicted molar refractivity (Wildman–Crippen MR) is 106 cm³/mol. The van der Waals surface area contributed by atoms with Crippen LogP contribution in [0.1, 0.15) is 64.4 Å². The van der Waals surface area contributed by atoms with E-state index in [2.05, 4.69) is 5.10 Å². The fourth-order valence-electron chi connectivity index (χ4n) is 3.79. The van der Waals surface area contributed by atoms with Crippen LogP contribution in [0.4, 0.5) is 4.79 Å². The van der Waals surface area contributed by atoms with E-state index in [0.717, 1.165) is 49.3 Å². The van der Waals surface area contributed by atoms with E-state index in [1.165, 1.54) is 9.80 Å². The fraction of sp³-hybridized carbons (Fsp3) is 0.750. The predicted octanol–water partition coefficient (Wildman–Crippen LogP) is 3.35. The third-order valence-electron chi connectivity index (χ3n) is 5.34. The van der Waals surface area contributed by atoms with E-state index < -0.39 is 6.09 Å². The lowest BCUT2D eigenvalue weighted by atomic mass is 9.87. The minimum Gasteiger partial charge on any atom is -0.464 e. The number of carboxylic acid groups (broad SMARTS) is 1.